The molecule has 5 heteroatoms. The normalized spacial score (nSPS) is 19.7. The number of likely N-dealkylation sites (tertiary alicyclic amines) is 1. The second kappa shape index (κ2) is 7.86. The summed E-state index contributed by atoms with van der Waals surface area (Å²) in [6.45, 7) is 10.7. The molecule has 0 saturated carbocycles. The van der Waals surface area contributed by atoms with Gasteiger partial charge in [-0.3, -0.25) is 4.98 Å². The Hall–Kier alpha value is -1.78. The summed E-state index contributed by atoms with van der Waals surface area (Å²) in [6, 6.07) is 2.59. The average Bonchev–Trinajstić information content (AvgIpc) is 2.45. The third-order valence-electron chi connectivity index (χ3n) is 4.17. The zero-order chi connectivity index (χ0) is 17.7. The van der Waals surface area contributed by atoms with Crippen LogP contribution in [0.5, 0.6) is 0 Å². The molecule has 1 saturated heterocycles. The van der Waals surface area contributed by atoms with Crippen molar-refractivity contribution in [2.75, 3.05) is 11.9 Å². The van der Waals surface area contributed by atoms with Crippen LogP contribution in [-0.4, -0.2) is 40.2 Å². The average molecular weight is 333 g/mol. The Kier molecular flexibility index (Phi) is 6.08. The van der Waals surface area contributed by atoms with Crippen LogP contribution in [0.4, 0.5) is 10.5 Å². The molecule has 1 N–H and O–H groups in total. The van der Waals surface area contributed by atoms with Gasteiger partial charge in [-0.05, 0) is 71.9 Å². The van der Waals surface area contributed by atoms with Crippen LogP contribution in [0.3, 0.4) is 0 Å². The molecule has 0 bridgehead atoms. The Morgan fingerprint density at radius 3 is 2.83 bits per heavy atom. The van der Waals surface area contributed by atoms with Gasteiger partial charge in [0.05, 0.1) is 5.69 Å². The number of aryl methyl sites for hydroxylation is 1. The lowest BCUT2D eigenvalue weighted by atomic mass is 9.96. The molecule has 134 valence electrons. The molecule has 1 aromatic rings. The number of aromatic nitrogens is 1. The van der Waals surface area contributed by atoms with Crippen molar-refractivity contribution in [3.8, 4) is 0 Å². The molecule has 2 heterocycles. The molecule has 0 spiro atoms. The second-order valence-corrected chi connectivity index (χ2v) is 7.86. The summed E-state index contributed by atoms with van der Waals surface area (Å²) >= 11 is 0. The molecule has 1 aromatic heterocycles. The number of piperidine rings is 1. The summed E-state index contributed by atoms with van der Waals surface area (Å²) in [4.78, 5) is 18.6. The van der Waals surface area contributed by atoms with Crippen LogP contribution in [-0.2, 0) is 4.74 Å². The highest BCUT2D eigenvalue weighted by atomic mass is 16.6. The predicted molar refractivity (Wildman–Crippen MR) is 97.3 cm³/mol. The van der Waals surface area contributed by atoms with Crippen molar-refractivity contribution in [2.45, 2.75) is 78.0 Å². The van der Waals surface area contributed by atoms with Gasteiger partial charge < -0.3 is 15.0 Å². The third-order valence-corrected chi connectivity index (χ3v) is 4.17. The van der Waals surface area contributed by atoms with E-state index in [1.807, 2.05) is 45.0 Å². The Morgan fingerprint density at radius 2 is 2.17 bits per heavy atom. The monoisotopic (exact) mass is 333 g/mol. The fraction of sp³-hybridized carbons (Fsp3) is 0.684. The molecule has 0 aliphatic carbocycles. The highest BCUT2D eigenvalue weighted by molar-refractivity contribution is 5.68. The Labute approximate surface area is 145 Å². The summed E-state index contributed by atoms with van der Waals surface area (Å²) in [6.07, 6.45) is 7.68. The molecule has 1 aliphatic heterocycles. The number of amides is 1. The lowest BCUT2D eigenvalue weighted by Crippen LogP contribution is -2.47. The van der Waals surface area contributed by atoms with Gasteiger partial charge in [-0.25, -0.2) is 4.79 Å². The van der Waals surface area contributed by atoms with E-state index < -0.39 is 5.60 Å². The molecule has 2 rings (SSSR count). The first-order valence-electron chi connectivity index (χ1n) is 8.92. The standard InChI is InChI=1S/C19H31N3O2/c1-14-10-16(13-20-12-14)21-15(2)11-17-8-6-7-9-22(17)18(23)24-19(3,4)5/h10,12-13,15,17,21H,6-9,11H2,1-5H3. The van der Waals surface area contributed by atoms with Crippen LogP contribution in [0.25, 0.3) is 0 Å². The van der Waals surface area contributed by atoms with E-state index in [0.717, 1.165) is 37.1 Å². The molecule has 5 nitrogen and oxygen atoms in total. The number of rotatable bonds is 4. The van der Waals surface area contributed by atoms with Crippen LogP contribution in [0.2, 0.25) is 0 Å². The lowest BCUT2D eigenvalue weighted by Gasteiger charge is -2.38. The van der Waals surface area contributed by atoms with E-state index in [0.29, 0.717) is 0 Å². The fourth-order valence-electron chi connectivity index (χ4n) is 3.19. The Balaban J connectivity index is 1.96. The smallest absolute Gasteiger partial charge is 0.410 e. The number of carbonyl (C=O) groups is 1. The first-order valence-corrected chi connectivity index (χ1v) is 8.92. The molecule has 2 atom stereocenters. The van der Waals surface area contributed by atoms with Crippen molar-refractivity contribution < 1.29 is 9.53 Å². The highest BCUT2D eigenvalue weighted by Gasteiger charge is 2.31. The van der Waals surface area contributed by atoms with Crippen LogP contribution >= 0.6 is 0 Å². The van der Waals surface area contributed by atoms with Crippen molar-refractivity contribution in [2.24, 2.45) is 0 Å². The number of hydrogen-bond acceptors (Lipinski definition) is 4. The molecule has 1 aliphatic rings. The number of nitrogens with one attached hydrogen (secondary N) is 1. The SMILES string of the molecule is Cc1cncc(NC(C)CC2CCCCN2C(=O)OC(C)(C)C)c1. The predicted octanol–water partition coefficient (Wildman–Crippen LogP) is 4.37. The zero-order valence-electron chi connectivity index (χ0n) is 15.6. The van der Waals surface area contributed by atoms with Crippen LogP contribution in [0.1, 0.15) is 58.9 Å². The highest BCUT2D eigenvalue weighted by Crippen LogP contribution is 2.24. The van der Waals surface area contributed by atoms with Gasteiger partial charge in [0.15, 0.2) is 0 Å². The zero-order valence-corrected chi connectivity index (χ0v) is 15.6. The van der Waals surface area contributed by atoms with Crippen molar-refractivity contribution in [1.82, 2.24) is 9.88 Å². The van der Waals surface area contributed by atoms with E-state index >= 15 is 0 Å². The number of carbonyl (C=O) groups excluding carboxylic acids is 1. The largest absolute Gasteiger partial charge is 0.444 e. The molecule has 0 aromatic carbocycles. The molecule has 0 radical (unpaired) electrons. The summed E-state index contributed by atoms with van der Waals surface area (Å²) in [5.74, 6) is 0. The Bertz CT molecular complexity index is 554. The minimum Gasteiger partial charge on any atom is -0.444 e. The quantitative estimate of drug-likeness (QED) is 0.889. The van der Waals surface area contributed by atoms with Crippen molar-refractivity contribution >= 4 is 11.8 Å². The van der Waals surface area contributed by atoms with Crippen LogP contribution in [0.15, 0.2) is 18.5 Å². The molecule has 24 heavy (non-hydrogen) atoms. The topological polar surface area (TPSA) is 54.5 Å². The van der Waals surface area contributed by atoms with E-state index in [1.165, 1.54) is 6.42 Å². The van der Waals surface area contributed by atoms with Crippen LogP contribution in [0, 0.1) is 6.92 Å². The van der Waals surface area contributed by atoms with Gasteiger partial charge >= 0.3 is 6.09 Å². The van der Waals surface area contributed by atoms with Gasteiger partial charge in [-0.1, -0.05) is 0 Å². The van der Waals surface area contributed by atoms with Gasteiger partial charge in [-0.2, -0.15) is 0 Å². The maximum Gasteiger partial charge on any atom is 0.410 e. The van der Waals surface area contributed by atoms with Gasteiger partial charge in [0, 0.05) is 31.0 Å². The number of nitrogens with zero attached hydrogens (tertiary/aromatic N) is 2. The summed E-state index contributed by atoms with van der Waals surface area (Å²) in [5.41, 5.74) is 1.72. The fourth-order valence-corrected chi connectivity index (χ4v) is 3.19. The Morgan fingerprint density at radius 1 is 1.42 bits per heavy atom. The maximum atomic E-state index is 12.5. The molecule has 2 unspecified atom stereocenters. The van der Waals surface area contributed by atoms with E-state index in [9.17, 15) is 4.79 Å². The summed E-state index contributed by atoms with van der Waals surface area (Å²) < 4.78 is 5.58. The summed E-state index contributed by atoms with van der Waals surface area (Å²) in [5, 5.41) is 3.50. The van der Waals surface area contributed by atoms with Crippen LogP contribution < -0.4 is 5.32 Å². The summed E-state index contributed by atoms with van der Waals surface area (Å²) in [7, 11) is 0. The third kappa shape index (κ3) is 5.69. The van der Waals surface area contributed by atoms with E-state index in [-0.39, 0.29) is 18.2 Å². The van der Waals surface area contributed by atoms with E-state index in [4.69, 9.17) is 4.74 Å². The lowest BCUT2D eigenvalue weighted by molar-refractivity contribution is 0.00852. The minimum atomic E-state index is -0.448. The first-order chi connectivity index (χ1) is 11.2. The molecular weight excluding hydrogens is 302 g/mol. The van der Waals surface area contributed by atoms with E-state index in [1.54, 1.807) is 0 Å². The van der Waals surface area contributed by atoms with Gasteiger partial charge in [-0.15, -0.1) is 0 Å². The number of anilines is 1. The second-order valence-electron chi connectivity index (χ2n) is 7.86. The molecule has 1 amide bonds. The van der Waals surface area contributed by atoms with Gasteiger partial charge in [0.2, 0.25) is 0 Å². The van der Waals surface area contributed by atoms with Crippen molar-refractivity contribution in [3.05, 3.63) is 24.0 Å². The maximum absolute atomic E-state index is 12.5. The minimum absolute atomic E-state index is 0.184. The van der Waals surface area contributed by atoms with Crippen molar-refractivity contribution in [1.29, 1.82) is 0 Å². The first kappa shape index (κ1) is 18.6. The number of ether oxygens (including phenoxy) is 1. The van der Waals surface area contributed by atoms with Gasteiger partial charge in [0.25, 0.3) is 0 Å². The van der Waals surface area contributed by atoms with Crippen molar-refractivity contribution in [3.63, 3.8) is 0 Å². The number of hydrogen-bond donors (Lipinski definition) is 1. The molecule has 1 fully saturated rings. The number of pyridine rings is 1. The van der Waals surface area contributed by atoms with E-state index in [2.05, 4.69) is 23.3 Å². The molecular formula is C19H31N3O2. The van der Waals surface area contributed by atoms with Gasteiger partial charge in [0.1, 0.15) is 5.60 Å².